The van der Waals surface area contributed by atoms with Crippen LogP contribution in [0.25, 0.3) is 0 Å². The first-order chi connectivity index (χ1) is 8.06. The molecule has 0 aliphatic carbocycles. The Kier molecular flexibility index (Phi) is 5.54. The van der Waals surface area contributed by atoms with Crippen LogP contribution in [0.5, 0.6) is 5.88 Å². The number of aryl methyl sites for hydroxylation is 1. The van der Waals surface area contributed by atoms with E-state index < -0.39 is 6.43 Å². The standard InChI is InChI=1S/C10H14BrF2N3O/c1-7-14-9(5-10(15-7)17-2)16(4-3-11)6-8(12)13/h5,8H,3-4,6H2,1-2H3. The van der Waals surface area contributed by atoms with Gasteiger partial charge in [0.15, 0.2) is 0 Å². The lowest BCUT2D eigenvalue weighted by Crippen LogP contribution is -2.31. The van der Waals surface area contributed by atoms with E-state index in [1.807, 2.05) is 0 Å². The zero-order valence-corrected chi connectivity index (χ0v) is 11.2. The minimum Gasteiger partial charge on any atom is -0.481 e. The van der Waals surface area contributed by atoms with Gasteiger partial charge in [-0.3, -0.25) is 0 Å². The summed E-state index contributed by atoms with van der Waals surface area (Å²) in [6.45, 7) is 1.79. The van der Waals surface area contributed by atoms with Gasteiger partial charge in [0, 0.05) is 17.9 Å². The Morgan fingerprint density at radius 3 is 2.71 bits per heavy atom. The van der Waals surface area contributed by atoms with E-state index in [4.69, 9.17) is 4.74 Å². The SMILES string of the molecule is COc1cc(N(CCBr)CC(F)F)nc(C)n1. The van der Waals surface area contributed by atoms with Crippen LogP contribution in [0.2, 0.25) is 0 Å². The summed E-state index contributed by atoms with van der Waals surface area (Å²) in [4.78, 5) is 9.65. The molecule has 0 atom stereocenters. The molecule has 0 radical (unpaired) electrons. The summed E-state index contributed by atoms with van der Waals surface area (Å²) in [7, 11) is 1.48. The summed E-state index contributed by atoms with van der Waals surface area (Å²) in [6, 6.07) is 1.55. The van der Waals surface area contributed by atoms with Crippen LogP contribution < -0.4 is 9.64 Å². The zero-order chi connectivity index (χ0) is 12.8. The predicted octanol–water partition coefficient (Wildman–Crippen LogP) is 2.26. The molecular formula is C10H14BrF2N3O. The molecule has 0 saturated heterocycles. The van der Waals surface area contributed by atoms with Crippen LogP contribution in [-0.4, -0.2) is 41.9 Å². The number of anilines is 1. The Morgan fingerprint density at radius 1 is 1.47 bits per heavy atom. The van der Waals surface area contributed by atoms with Crippen molar-refractivity contribution in [2.24, 2.45) is 0 Å². The molecule has 96 valence electrons. The highest BCUT2D eigenvalue weighted by Gasteiger charge is 2.15. The van der Waals surface area contributed by atoms with Crippen molar-refractivity contribution in [1.29, 1.82) is 0 Å². The van der Waals surface area contributed by atoms with Crippen LogP contribution in [0.3, 0.4) is 0 Å². The third kappa shape index (κ3) is 4.41. The maximum absolute atomic E-state index is 12.4. The van der Waals surface area contributed by atoms with E-state index in [1.165, 1.54) is 12.0 Å². The van der Waals surface area contributed by atoms with Gasteiger partial charge in [0.05, 0.1) is 13.7 Å². The van der Waals surface area contributed by atoms with Gasteiger partial charge in [-0.2, -0.15) is 4.98 Å². The quantitative estimate of drug-likeness (QED) is 0.756. The van der Waals surface area contributed by atoms with Crippen molar-refractivity contribution < 1.29 is 13.5 Å². The third-order valence-corrected chi connectivity index (χ3v) is 2.40. The van der Waals surface area contributed by atoms with Crippen molar-refractivity contribution in [3.05, 3.63) is 11.9 Å². The molecule has 0 amide bonds. The van der Waals surface area contributed by atoms with Gasteiger partial charge in [-0.15, -0.1) is 0 Å². The fourth-order valence-corrected chi connectivity index (χ4v) is 1.79. The Labute approximate surface area is 107 Å². The van der Waals surface area contributed by atoms with Gasteiger partial charge in [-0.05, 0) is 6.92 Å². The van der Waals surface area contributed by atoms with E-state index in [-0.39, 0.29) is 6.54 Å². The van der Waals surface area contributed by atoms with E-state index in [0.29, 0.717) is 29.4 Å². The van der Waals surface area contributed by atoms with E-state index in [1.54, 1.807) is 13.0 Å². The Morgan fingerprint density at radius 2 is 2.18 bits per heavy atom. The van der Waals surface area contributed by atoms with Crippen LogP contribution in [0.4, 0.5) is 14.6 Å². The molecule has 0 bridgehead atoms. The molecule has 0 aliphatic heterocycles. The maximum atomic E-state index is 12.4. The fourth-order valence-electron chi connectivity index (χ4n) is 1.36. The average Bonchev–Trinajstić information content (AvgIpc) is 2.27. The van der Waals surface area contributed by atoms with Crippen LogP contribution in [0.15, 0.2) is 6.07 Å². The van der Waals surface area contributed by atoms with Crippen LogP contribution in [0.1, 0.15) is 5.82 Å². The molecule has 1 aromatic heterocycles. The van der Waals surface area contributed by atoms with Crippen molar-refractivity contribution in [2.75, 3.05) is 30.4 Å². The molecule has 0 fully saturated rings. The zero-order valence-electron chi connectivity index (χ0n) is 9.66. The Balaban J connectivity index is 2.95. The number of rotatable bonds is 6. The highest BCUT2D eigenvalue weighted by molar-refractivity contribution is 9.09. The normalized spacial score (nSPS) is 10.7. The van der Waals surface area contributed by atoms with Gasteiger partial charge in [-0.25, -0.2) is 13.8 Å². The number of aromatic nitrogens is 2. The average molecular weight is 310 g/mol. The molecule has 0 saturated carbocycles. The highest BCUT2D eigenvalue weighted by atomic mass is 79.9. The summed E-state index contributed by atoms with van der Waals surface area (Å²) >= 11 is 3.23. The van der Waals surface area contributed by atoms with Crippen LogP contribution in [-0.2, 0) is 0 Å². The largest absolute Gasteiger partial charge is 0.481 e. The number of nitrogens with zero attached hydrogens (tertiary/aromatic N) is 3. The minimum atomic E-state index is -2.41. The Bertz CT molecular complexity index is 365. The van der Waals surface area contributed by atoms with Crippen molar-refractivity contribution in [1.82, 2.24) is 9.97 Å². The summed E-state index contributed by atoms with van der Waals surface area (Å²) < 4.78 is 29.9. The van der Waals surface area contributed by atoms with Crippen LogP contribution >= 0.6 is 15.9 Å². The van der Waals surface area contributed by atoms with Gasteiger partial charge >= 0.3 is 0 Å². The number of halogens is 3. The second kappa shape index (κ2) is 6.68. The molecular weight excluding hydrogens is 296 g/mol. The fraction of sp³-hybridized carbons (Fsp3) is 0.600. The topological polar surface area (TPSA) is 38.2 Å². The van der Waals surface area contributed by atoms with Crippen molar-refractivity contribution in [2.45, 2.75) is 13.3 Å². The van der Waals surface area contributed by atoms with E-state index in [0.717, 1.165) is 0 Å². The van der Waals surface area contributed by atoms with Gasteiger partial charge in [0.25, 0.3) is 6.43 Å². The molecule has 0 N–H and O–H groups in total. The second-order valence-corrected chi connectivity index (χ2v) is 4.13. The monoisotopic (exact) mass is 309 g/mol. The van der Waals surface area contributed by atoms with Crippen LogP contribution in [0, 0.1) is 6.92 Å². The van der Waals surface area contributed by atoms with E-state index >= 15 is 0 Å². The molecule has 7 heteroatoms. The molecule has 1 rings (SSSR count). The van der Waals surface area contributed by atoms with Crippen molar-refractivity contribution in [3.8, 4) is 5.88 Å². The number of ether oxygens (including phenoxy) is 1. The first-order valence-corrected chi connectivity index (χ1v) is 6.17. The van der Waals surface area contributed by atoms with E-state index in [9.17, 15) is 8.78 Å². The van der Waals surface area contributed by atoms with Crippen molar-refractivity contribution >= 4 is 21.7 Å². The number of methoxy groups -OCH3 is 1. The summed E-state index contributed by atoms with van der Waals surface area (Å²) in [5.41, 5.74) is 0. The molecule has 0 spiro atoms. The minimum absolute atomic E-state index is 0.356. The van der Waals surface area contributed by atoms with Gasteiger partial charge in [0.2, 0.25) is 5.88 Å². The first-order valence-electron chi connectivity index (χ1n) is 5.05. The van der Waals surface area contributed by atoms with Gasteiger partial charge in [0.1, 0.15) is 11.6 Å². The number of hydrogen-bond acceptors (Lipinski definition) is 4. The lowest BCUT2D eigenvalue weighted by molar-refractivity contribution is 0.155. The number of hydrogen-bond donors (Lipinski definition) is 0. The summed E-state index contributed by atoms with van der Waals surface area (Å²) in [5, 5.41) is 0.588. The molecule has 4 nitrogen and oxygen atoms in total. The smallest absolute Gasteiger partial charge is 0.255 e. The van der Waals surface area contributed by atoms with Gasteiger partial charge in [-0.1, -0.05) is 15.9 Å². The molecule has 0 aromatic carbocycles. The lowest BCUT2D eigenvalue weighted by atomic mass is 10.4. The third-order valence-electron chi connectivity index (χ3n) is 2.05. The van der Waals surface area contributed by atoms with Gasteiger partial charge < -0.3 is 9.64 Å². The predicted molar refractivity (Wildman–Crippen MR) is 65.3 cm³/mol. The molecule has 17 heavy (non-hydrogen) atoms. The molecule has 1 heterocycles. The molecule has 0 aliphatic rings. The molecule has 0 unspecified atom stereocenters. The van der Waals surface area contributed by atoms with E-state index in [2.05, 4.69) is 25.9 Å². The second-order valence-electron chi connectivity index (χ2n) is 3.34. The summed E-state index contributed by atoms with van der Waals surface area (Å²) in [6.07, 6.45) is -2.41. The lowest BCUT2D eigenvalue weighted by Gasteiger charge is -2.22. The Hall–Kier alpha value is -0.980. The number of alkyl halides is 3. The molecule has 1 aromatic rings. The maximum Gasteiger partial charge on any atom is 0.255 e. The van der Waals surface area contributed by atoms with Crippen molar-refractivity contribution in [3.63, 3.8) is 0 Å². The first kappa shape index (κ1) is 14.1. The highest BCUT2D eigenvalue weighted by Crippen LogP contribution is 2.18. The summed E-state index contributed by atoms with van der Waals surface area (Å²) in [5.74, 6) is 1.32.